The predicted molar refractivity (Wildman–Crippen MR) is 175 cm³/mol. The Kier molecular flexibility index (Phi) is 9.43. The molecule has 0 N–H and O–H groups in total. The molecule has 5 rings (SSSR count). The van der Waals surface area contributed by atoms with Crippen molar-refractivity contribution in [3.05, 3.63) is 12.2 Å². The Morgan fingerprint density at radius 3 is 1.94 bits per heavy atom. The number of rotatable bonds is 10. The molecule has 12 atom stereocenters. The molecule has 5 aliphatic carbocycles. The largest absolute Gasteiger partial charge is 0.469 e. The molecule has 2 spiro atoms. The Labute approximate surface area is 285 Å². The third-order valence-electron chi connectivity index (χ3n) is 14.6. The van der Waals surface area contributed by atoms with Crippen molar-refractivity contribution in [3.63, 3.8) is 0 Å². The van der Waals surface area contributed by atoms with Gasteiger partial charge in [0.2, 0.25) is 0 Å². The Morgan fingerprint density at radius 1 is 0.750 bits per heavy atom. The van der Waals surface area contributed by atoms with Crippen LogP contribution in [0.4, 0.5) is 0 Å². The minimum Gasteiger partial charge on any atom is -0.469 e. The van der Waals surface area contributed by atoms with Gasteiger partial charge in [0.1, 0.15) is 23.7 Å². The van der Waals surface area contributed by atoms with Crippen molar-refractivity contribution in [1.82, 2.24) is 0 Å². The van der Waals surface area contributed by atoms with Crippen LogP contribution in [0, 0.1) is 50.7 Å². The van der Waals surface area contributed by atoms with Gasteiger partial charge in [-0.25, -0.2) is 0 Å². The van der Waals surface area contributed by atoms with Crippen LogP contribution in [-0.2, 0) is 47.7 Å². The van der Waals surface area contributed by atoms with Crippen molar-refractivity contribution in [3.8, 4) is 0 Å². The maximum atomic E-state index is 13.7. The topological polar surface area (TPSA) is 132 Å². The van der Waals surface area contributed by atoms with Gasteiger partial charge in [-0.1, -0.05) is 20.4 Å². The Hall–Kier alpha value is -2.91. The van der Waals surface area contributed by atoms with Crippen LogP contribution < -0.4 is 0 Å². The first-order valence-corrected chi connectivity index (χ1v) is 17.7. The van der Waals surface area contributed by atoms with E-state index in [2.05, 4.69) is 20.4 Å². The molecule has 0 radical (unpaired) electrons. The summed E-state index contributed by atoms with van der Waals surface area (Å²) in [5.41, 5.74) is -1.22. The average molecular weight is 673 g/mol. The molecule has 0 aromatic carbocycles. The fourth-order valence-electron chi connectivity index (χ4n) is 12.5. The van der Waals surface area contributed by atoms with E-state index in [0.29, 0.717) is 19.3 Å². The van der Waals surface area contributed by atoms with Crippen LogP contribution in [0.15, 0.2) is 12.2 Å². The zero-order valence-corrected chi connectivity index (χ0v) is 30.4. The molecule has 0 heterocycles. The molecule has 48 heavy (non-hydrogen) atoms. The maximum absolute atomic E-state index is 13.7. The second kappa shape index (κ2) is 12.4. The lowest BCUT2D eigenvalue weighted by molar-refractivity contribution is -0.224. The van der Waals surface area contributed by atoms with E-state index < -0.39 is 41.1 Å². The summed E-state index contributed by atoms with van der Waals surface area (Å²) < 4.78 is 28.4. The summed E-state index contributed by atoms with van der Waals surface area (Å²) in [6, 6.07) is 0. The highest BCUT2D eigenvalue weighted by Crippen LogP contribution is 2.89. The van der Waals surface area contributed by atoms with Gasteiger partial charge in [0.25, 0.3) is 0 Å². The van der Waals surface area contributed by atoms with Gasteiger partial charge in [-0.05, 0) is 111 Å². The lowest BCUT2D eigenvalue weighted by Gasteiger charge is -2.64. The number of carbonyl (C=O) groups excluding carboxylic acids is 5. The highest BCUT2D eigenvalue weighted by molar-refractivity contribution is 5.79. The summed E-state index contributed by atoms with van der Waals surface area (Å²) >= 11 is 0. The third-order valence-corrected chi connectivity index (χ3v) is 14.6. The number of fused-ring (bicyclic) bond motifs is 2. The van der Waals surface area contributed by atoms with E-state index >= 15 is 0 Å². The van der Waals surface area contributed by atoms with Crippen LogP contribution in [0.3, 0.4) is 0 Å². The highest BCUT2D eigenvalue weighted by Gasteiger charge is 2.87. The van der Waals surface area contributed by atoms with E-state index in [9.17, 15) is 24.0 Å². The van der Waals surface area contributed by atoms with Crippen molar-refractivity contribution >= 4 is 29.8 Å². The van der Waals surface area contributed by atoms with Crippen LogP contribution in [0.25, 0.3) is 0 Å². The van der Waals surface area contributed by atoms with Gasteiger partial charge in [-0.3, -0.25) is 24.0 Å². The zero-order chi connectivity index (χ0) is 35.6. The molecular weight excluding hydrogens is 616 g/mol. The Morgan fingerprint density at radius 2 is 1.38 bits per heavy atom. The van der Waals surface area contributed by atoms with Crippen molar-refractivity contribution in [2.45, 2.75) is 131 Å². The fourth-order valence-corrected chi connectivity index (χ4v) is 12.5. The number of esters is 5. The number of carbonyl (C=O) groups is 5. The predicted octanol–water partition coefficient (Wildman–Crippen LogP) is 6.13. The van der Waals surface area contributed by atoms with Crippen LogP contribution in [0.1, 0.15) is 113 Å². The molecule has 0 unspecified atom stereocenters. The first kappa shape index (κ1) is 36.4. The SMILES string of the molecule is C=C(C)[C@H](CC[C@@H](C(=O)OC)[C@H]1CC[C@@]2(C)[C@@H]3CC[C@H]4[C@](C)(C(=O)OC)[C@@H](OC(C)=O)C[C@H](OC(C)=O)[C@@]45C[C@@]35CC[C@]12C)OC(C)=O. The summed E-state index contributed by atoms with van der Waals surface area (Å²) in [6.07, 6.45) is 5.59. The van der Waals surface area contributed by atoms with Crippen LogP contribution >= 0.6 is 0 Å². The molecule has 0 aliphatic heterocycles. The van der Waals surface area contributed by atoms with Crippen LogP contribution in [0.2, 0.25) is 0 Å². The molecule has 268 valence electrons. The zero-order valence-electron chi connectivity index (χ0n) is 30.4. The van der Waals surface area contributed by atoms with Crippen molar-refractivity contribution in [2.24, 2.45) is 50.7 Å². The number of hydrogen-bond acceptors (Lipinski definition) is 10. The Balaban J connectivity index is 1.51. The van der Waals surface area contributed by atoms with Crippen molar-refractivity contribution in [2.75, 3.05) is 14.2 Å². The van der Waals surface area contributed by atoms with Gasteiger partial charge in [-0.15, -0.1) is 0 Å². The fraction of sp³-hybridized carbons (Fsp3) is 0.816. The lowest BCUT2D eigenvalue weighted by atomic mass is 9.41. The molecular formula is C38H56O10. The van der Waals surface area contributed by atoms with Crippen LogP contribution in [0.5, 0.6) is 0 Å². The quantitative estimate of drug-likeness (QED) is 0.152. The Bertz CT molecular complexity index is 1370. The normalized spacial score (nSPS) is 41.9. The molecule has 5 saturated carbocycles. The molecule has 0 aromatic rings. The third kappa shape index (κ3) is 5.12. The van der Waals surface area contributed by atoms with E-state index in [1.54, 1.807) is 0 Å². The van der Waals surface area contributed by atoms with E-state index in [1.165, 1.54) is 35.0 Å². The smallest absolute Gasteiger partial charge is 0.315 e. The summed E-state index contributed by atoms with van der Waals surface area (Å²) in [5.74, 6) is -2.03. The number of ether oxygens (including phenoxy) is 5. The molecule has 0 aromatic heterocycles. The molecule has 5 aliphatic rings. The van der Waals surface area contributed by atoms with E-state index in [4.69, 9.17) is 23.7 Å². The van der Waals surface area contributed by atoms with E-state index in [1.807, 2.05) is 13.8 Å². The molecule has 10 nitrogen and oxygen atoms in total. The molecule has 0 amide bonds. The first-order valence-electron chi connectivity index (χ1n) is 17.7. The highest BCUT2D eigenvalue weighted by atomic mass is 16.6. The van der Waals surface area contributed by atoms with Crippen molar-refractivity contribution < 1.29 is 47.7 Å². The monoisotopic (exact) mass is 672 g/mol. The number of methoxy groups -OCH3 is 2. The first-order chi connectivity index (χ1) is 22.4. The standard InChI is InChI=1S/C38H56O10/c1-21(2)27(46-22(3)39)12-11-25(32(42)44-9)26-15-16-35(7)28-13-14-29-36(8,33(43)45-10)30(47-23(4)40)19-31(48-24(5)41)38(29)20-37(28,38)18-17-34(26,35)6/h25-31H,1,11-20H2,2-10H3/t25-,26-,27+,28+,29+,30+,31+,34-,35+,36+,37+,38-/m1/s1. The van der Waals surface area contributed by atoms with E-state index in [-0.39, 0.29) is 64.2 Å². The van der Waals surface area contributed by atoms with Gasteiger partial charge in [-0.2, -0.15) is 0 Å². The second-order valence-corrected chi connectivity index (χ2v) is 16.4. The average Bonchev–Trinajstić information content (AvgIpc) is 3.62. The maximum Gasteiger partial charge on any atom is 0.315 e. The van der Waals surface area contributed by atoms with Gasteiger partial charge < -0.3 is 23.7 Å². The number of hydrogen-bond donors (Lipinski definition) is 0. The summed E-state index contributed by atoms with van der Waals surface area (Å²) in [4.78, 5) is 63.9. The summed E-state index contributed by atoms with van der Waals surface area (Å²) in [6.45, 7) is 16.6. The van der Waals surface area contributed by atoms with Crippen LogP contribution in [-0.4, -0.2) is 62.4 Å². The van der Waals surface area contributed by atoms with Crippen molar-refractivity contribution in [1.29, 1.82) is 0 Å². The van der Waals surface area contributed by atoms with Gasteiger partial charge in [0.15, 0.2) is 0 Å². The lowest BCUT2D eigenvalue weighted by Crippen LogP contribution is -2.64. The van der Waals surface area contributed by atoms with Gasteiger partial charge in [0.05, 0.1) is 20.1 Å². The molecule has 0 bridgehead atoms. The second-order valence-electron chi connectivity index (χ2n) is 16.4. The molecule has 10 heteroatoms. The summed E-state index contributed by atoms with van der Waals surface area (Å²) in [5, 5.41) is 0. The van der Waals surface area contributed by atoms with Gasteiger partial charge in [0, 0.05) is 32.6 Å². The summed E-state index contributed by atoms with van der Waals surface area (Å²) in [7, 11) is 2.82. The minimum atomic E-state index is -1.08. The molecule has 5 fully saturated rings. The van der Waals surface area contributed by atoms with Gasteiger partial charge >= 0.3 is 29.8 Å². The minimum absolute atomic E-state index is 0.0760. The van der Waals surface area contributed by atoms with E-state index in [0.717, 1.165) is 44.1 Å². The molecule has 0 saturated heterocycles.